The molecule has 1 unspecified atom stereocenters. The average Bonchev–Trinajstić information content (AvgIpc) is 2.77. The first-order chi connectivity index (χ1) is 15.2. The van der Waals surface area contributed by atoms with Crippen molar-refractivity contribution in [1.29, 1.82) is 0 Å². The Morgan fingerprint density at radius 2 is 1.84 bits per heavy atom. The Morgan fingerprint density at radius 1 is 1.09 bits per heavy atom. The largest absolute Gasteiger partial charge is 0.455 e. The first-order valence-corrected chi connectivity index (χ1v) is 10.0. The molecule has 0 spiro atoms. The fourth-order valence-electron chi connectivity index (χ4n) is 3.50. The summed E-state index contributed by atoms with van der Waals surface area (Å²) in [5, 5.41) is 2.14. The highest BCUT2D eigenvalue weighted by molar-refractivity contribution is 5.97. The van der Waals surface area contributed by atoms with Crippen molar-refractivity contribution in [2.24, 2.45) is 5.92 Å². The fraction of sp³-hybridized carbons (Fsp3) is 0.364. The molecule has 2 heterocycles. The number of benzene rings is 1. The van der Waals surface area contributed by atoms with Gasteiger partial charge in [0.25, 0.3) is 5.91 Å². The second-order valence-electron chi connectivity index (χ2n) is 7.40. The van der Waals surface area contributed by atoms with Crippen LogP contribution in [0.5, 0.6) is 0 Å². The Balaban J connectivity index is 1.51. The number of aromatic nitrogens is 1. The van der Waals surface area contributed by atoms with Gasteiger partial charge in [-0.25, -0.2) is 4.98 Å². The molecule has 0 saturated carbocycles. The first kappa shape index (κ1) is 23.2. The summed E-state index contributed by atoms with van der Waals surface area (Å²) in [7, 11) is 0. The summed E-state index contributed by atoms with van der Waals surface area (Å²) in [4.78, 5) is 41.5. The Hall–Kier alpha value is -3.43. The molecule has 1 fully saturated rings. The normalized spacial score (nSPS) is 16.3. The van der Waals surface area contributed by atoms with Crippen LogP contribution < -0.4 is 10.2 Å². The molecule has 0 radical (unpaired) electrons. The van der Waals surface area contributed by atoms with Crippen molar-refractivity contribution in [3.63, 3.8) is 0 Å². The van der Waals surface area contributed by atoms with E-state index in [2.05, 4.69) is 10.3 Å². The smallest absolute Gasteiger partial charge is 0.419 e. The molecule has 1 aliphatic rings. The number of hydrogen-bond donors (Lipinski definition) is 1. The van der Waals surface area contributed by atoms with E-state index in [4.69, 9.17) is 4.74 Å². The summed E-state index contributed by atoms with van der Waals surface area (Å²) in [6.45, 7) is -0.334. The van der Waals surface area contributed by atoms with Gasteiger partial charge in [-0.2, -0.15) is 13.2 Å². The van der Waals surface area contributed by atoms with Crippen LogP contribution in [0.4, 0.5) is 19.0 Å². The van der Waals surface area contributed by atoms with Gasteiger partial charge < -0.3 is 9.64 Å². The van der Waals surface area contributed by atoms with Gasteiger partial charge in [-0.15, -0.1) is 0 Å². The molecular formula is C22H22F3N3O4. The van der Waals surface area contributed by atoms with E-state index in [1.165, 1.54) is 17.2 Å². The minimum atomic E-state index is -4.57. The third-order valence-electron chi connectivity index (χ3n) is 4.98. The number of amides is 2. The molecule has 2 amide bonds. The van der Waals surface area contributed by atoms with Crippen LogP contribution in [0.3, 0.4) is 0 Å². The standard InChI is InChI=1S/C22H22F3N3O4/c23-22(24,25)17-9-4-10-26-20(17)28-11-5-8-16(13-28)21(31)32-14-19(30)27-18(29)12-15-6-2-1-3-7-15/h1-4,6-7,9-10,16H,5,8,11-14H2,(H,27,29,30). The zero-order valence-electron chi connectivity index (χ0n) is 17.1. The Labute approximate surface area is 182 Å². The maximum atomic E-state index is 13.3. The van der Waals surface area contributed by atoms with Crippen LogP contribution in [-0.4, -0.2) is 42.5 Å². The van der Waals surface area contributed by atoms with Crippen molar-refractivity contribution in [3.05, 3.63) is 59.8 Å². The van der Waals surface area contributed by atoms with E-state index < -0.39 is 42.0 Å². The molecule has 170 valence electrons. The quantitative estimate of drug-likeness (QED) is 0.683. The molecule has 3 rings (SSSR count). The van der Waals surface area contributed by atoms with Crippen LogP contribution in [-0.2, 0) is 31.7 Å². The summed E-state index contributed by atoms with van der Waals surface area (Å²) in [6, 6.07) is 11.0. The summed E-state index contributed by atoms with van der Waals surface area (Å²) in [5.74, 6) is -2.95. The number of nitrogens with one attached hydrogen (secondary N) is 1. The number of esters is 1. The van der Waals surface area contributed by atoms with Crippen molar-refractivity contribution in [2.75, 3.05) is 24.6 Å². The number of imide groups is 1. The van der Waals surface area contributed by atoms with Crippen LogP contribution >= 0.6 is 0 Å². The number of carbonyl (C=O) groups is 3. The SMILES string of the molecule is O=C(COC(=O)C1CCCN(c2ncccc2C(F)(F)F)C1)NC(=O)Cc1ccccc1. The predicted octanol–water partition coefficient (Wildman–Crippen LogP) is 2.75. The van der Waals surface area contributed by atoms with Crippen molar-refractivity contribution >= 4 is 23.6 Å². The van der Waals surface area contributed by atoms with Crippen molar-refractivity contribution in [1.82, 2.24) is 10.3 Å². The van der Waals surface area contributed by atoms with Crippen LogP contribution in [0.1, 0.15) is 24.0 Å². The van der Waals surface area contributed by atoms with Gasteiger partial charge in [0.15, 0.2) is 6.61 Å². The lowest BCUT2D eigenvalue weighted by molar-refractivity contribution is -0.153. The van der Waals surface area contributed by atoms with E-state index in [0.717, 1.165) is 11.6 Å². The lowest BCUT2D eigenvalue weighted by Gasteiger charge is -2.33. The lowest BCUT2D eigenvalue weighted by atomic mass is 9.98. The second-order valence-corrected chi connectivity index (χ2v) is 7.40. The maximum Gasteiger partial charge on any atom is 0.419 e. The van der Waals surface area contributed by atoms with Crippen molar-refractivity contribution in [3.8, 4) is 0 Å². The van der Waals surface area contributed by atoms with Gasteiger partial charge in [-0.3, -0.25) is 19.7 Å². The molecule has 1 saturated heterocycles. The van der Waals surface area contributed by atoms with Gasteiger partial charge in [-0.1, -0.05) is 30.3 Å². The topological polar surface area (TPSA) is 88.6 Å². The van der Waals surface area contributed by atoms with Crippen LogP contribution in [0.25, 0.3) is 0 Å². The maximum absolute atomic E-state index is 13.3. The third kappa shape index (κ3) is 6.29. The minimum Gasteiger partial charge on any atom is -0.455 e. The Kier molecular flexibility index (Phi) is 7.45. The molecular weight excluding hydrogens is 427 g/mol. The van der Waals surface area contributed by atoms with Crippen LogP contribution in [0.15, 0.2) is 48.7 Å². The van der Waals surface area contributed by atoms with Gasteiger partial charge in [0.1, 0.15) is 5.82 Å². The molecule has 1 N–H and O–H groups in total. The number of alkyl halides is 3. The number of carbonyl (C=O) groups excluding carboxylic acids is 3. The highest BCUT2D eigenvalue weighted by Gasteiger charge is 2.37. The minimum absolute atomic E-state index is 0.00370. The molecule has 7 nitrogen and oxygen atoms in total. The van der Waals surface area contributed by atoms with Gasteiger partial charge in [0.2, 0.25) is 5.91 Å². The van der Waals surface area contributed by atoms with E-state index >= 15 is 0 Å². The number of pyridine rings is 1. The van der Waals surface area contributed by atoms with Gasteiger partial charge in [0.05, 0.1) is 17.9 Å². The number of piperidine rings is 1. The summed E-state index contributed by atoms with van der Waals surface area (Å²) in [5.41, 5.74) is -0.143. The molecule has 1 aliphatic heterocycles. The van der Waals surface area contributed by atoms with E-state index in [1.807, 2.05) is 0 Å². The molecule has 10 heteroatoms. The van der Waals surface area contributed by atoms with Crippen LogP contribution in [0, 0.1) is 5.92 Å². The summed E-state index contributed by atoms with van der Waals surface area (Å²) in [6.07, 6.45) is -2.41. The number of anilines is 1. The van der Waals surface area contributed by atoms with Gasteiger partial charge >= 0.3 is 12.1 Å². The number of halogens is 3. The predicted molar refractivity (Wildman–Crippen MR) is 108 cm³/mol. The lowest BCUT2D eigenvalue weighted by Crippen LogP contribution is -2.42. The molecule has 1 aromatic carbocycles. The van der Waals surface area contributed by atoms with E-state index in [9.17, 15) is 27.6 Å². The van der Waals surface area contributed by atoms with Crippen molar-refractivity contribution < 1.29 is 32.3 Å². The third-order valence-corrected chi connectivity index (χ3v) is 4.98. The molecule has 1 atom stereocenters. The van der Waals surface area contributed by atoms with Crippen LogP contribution in [0.2, 0.25) is 0 Å². The zero-order valence-corrected chi connectivity index (χ0v) is 17.1. The van der Waals surface area contributed by atoms with E-state index in [1.54, 1.807) is 30.3 Å². The highest BCUT2D eigenvalue weighted by Crippen LogP contribution is 2.36. The molecule has 1 aromatic heterocycles. The molecule has 2 aromatic rings. The number of hydrogen-bond acceptors (Lipinski definition) is 6. The summed E-state index contributed by atoms with van der Waals surface area (Å²) < 4.78 is 44.8. The van der Waals surface area contributed by atoms with Gasteiger partial charge in [-0.05, 0) is 30.5 Å². The fourth-order valence-corrected chi connectivity index (χ4v) is 3.50. The monoisotopic (exact) mass is 449 g/mol. The summed E-state index contributed by atoms with van der Waals surface area (Å²) >= 11 is 0. The van der Waals surface area contributed by atoms with Crippen molar-refractivity contribution in [2.45, 2.75) is 25.4 Å². The number of nitrogens with zero attached hydrogens (tertiary/aromatic N) is 2. The molecule has 0 bridgehead atoms. The Morgan fingerprint density at radius 3 is 2.56 bits per heavy atom. The first-order valence-electron chi connectivity index (χ1n) is 10.0. The van der Waals surface area contributed by atoms with E-state index in [-0.39, 0.29) is 18.8 Å². The molecule has 0 aliphatic carbocycles. The van der Waals surface area contributed by atoms with E-state index in [0.29, 0.717) is 19.4 Å². The van der Waals surface area contributed by atoms with Gasteiger partial charge in [0, 0.05) is 19.3 Å². The molecule has 32 heavy (non-hydrogen) atoms. The number of rotatable bonds is 6. The highest BCUT2D eigenvalue weighted by atomic mass is 19.4. The zero-order chi connectivity index (χ0) is 23.1. The average molecular weight is 449 g/mol. The number of ether oxygens (including phenoxy) is 1. The Bertz CT molecular complexity index is 966. The second kappa shape index (κ2) is 10.3.